The second-order valence-corrected chi connectivity index (χ2v) is 7.54. The minimum Gasteiger partial charge on any atom is -0.464 e. The Labute approximate surface area is 147 Å². The van der Waals surface area contributed by atoms with Crippen molar-refractivity contribution in [3.63, 3.8) is 0 Å². The van der Waals surface area contributed by atoms with Gasteiger partial charge in [0.2, 0.25) is 0 Å². The zero-order valence-corrected chi connectivity index (χ0v) is 14.3. The van der Waals surface area contributed by atoms with Crippen LogP contribution in [-0.2, 0) is 0 Å². The van der Waals surface area contributed by atoms with E-state index >= 15 is 0 Å². The van der Waals surface area contributed by atoms with Crippen LogP contribution in [-0.4, -0.2) is 30.6 Å². The van der Waals surface area contributed by atoms with Crippen molar-refractivity contribution in [3.8, 4) is 5.75 Å². The smallest absolute Gasteiger partial charge is 0.199 e. The molecule has 3 saturated heterocycles. The van der Waals surface area contributed by atoms with Crippen LogP contribution < -0.4 is 9.64 Å². The highest BCUT2D eigenvalue weighted by atomic mass is 35.5. The number of para-hydroxylation sites is 2. The van der Waals surface area contributed by atoms with E-state index in [1.807, 2.05) is 12.1 Å². The maximum absolute atomic E-state index is 6.37. The fraction of sp³-hybridized carbons (Fsp3) is 0.400. The number of rotatable bonds is 2. The third-order valence-electron chi connectivity index (χ3n) is 5.77. The number of hydrogen-bond acceptors (Lipinski definition) is 3. The second-order valence-electron chi connectivity index (χ2n) is 7.10. The molecule has 2 aromatic rings. The predicted molar refractivity (Wildman–Crippen MR) is 96.7 cm³/mol. The zero-order valence-electron chi connectivity index (χ0n) is 13.6. The second kappa shape index (κ2) is 5.68. The number of fused-ring (bicyclic) bond motifs is 4. The van der Waals surface area contributed by atoms with Crippen molar-refractivity contribution in [3.05, 3.63) is 59.1 Å². The van der Waals surface area contributed by atoms with Gasteiger partial charge in [-0.3, -0.25) is 0 Å². The van der Waals surface area contributed by atoms with Gasteiger partial charge in [-0.05, 0) is 56.1 Å². The highest BCUT2D eigenvalue weighted by Crippen LogP contribution is 2.47. The van der Waals surface area contributed by atoms with Gasteiger partial charge >= 0.3 is 0 Å². The van der Waals surface area contributed by atoms with E-state index < -0.39 is 0 Å². The first kappa shape index (κ1) is 14.6. The normalized spacial score (nSPS) is 31.0. The molecule has 124 valence electrons. The maximum atomic E-state index is 6.37. The van der Waals surface area contributed by atoms with Crippen molar-refractivity contribution >= 4 is 17.3 Å². The van der Waals surface area contributed by atoms with Crippen LogP contribution in [0, 0.1) is 5.92 Å². The summed E-state index contributed by atoms with van der Waals surface area (Å²) in [5.41, 5.74) is 2.41. The van der Waals surface area contributed by atoms with Crippen molar-refractivity contribution in [2.45, 2.75) is 25.1 Å². The van der Waals surface area contributed by atoms with Crippen molar-refractivity contribution in [2.75, 3.05) is 24.5 Å². The molecule has 0 spiro atoms. The van der Waals surface area contributed by atoms with E-state index in [0.717, 1.165) is 23.2 Å². The van der Waals surface area contributed by atoms with Crippen LogP contribution in [0.5, 0.6) is 5.75 Å². The Kier molecular flexibility index (Phi) is 3.46. The average molecular weight is 341 g/mol. The van der Waals surface area contributed by atoms with Gasteiger partial charge in [0.1, 0.15) is 5.75 Å². The quantitative estimate of drug-likeness (QED) is 0.809. The van der Waals surface area contributed by atoms with E-state index in [-0.39, 0.29) is 6.23 Å². The summed E-state index contributed by atoms with van der Waals surface area (Å²) < 4.78 is 6.37. The Balaban J connectivity index is 1.56. The molecular formula is C20H21ClN2O. The van der Waals surface area contributed by atoms with Crippen molar-refractivity contribution in [1.82, 2.24) is 4.90 Å². The molecule has 24 heavy (non-hydrogen) atoms. The summed E-state index contributed by atoms with van der Waals surface area (Å²) >= 11 is 6.08. The Hall–Kier alpha value is -1.71. The van der Waals surface area contributed by atoms with E-state index in [1.54, 1.807) is 0 Å². The van der Waals surface area contributed by atoms with Crippen LogP contribution >= 0.6 is 11.6 Å². The molecule has 3 fully saturated rings. The molecule has 2 unspecified atom stereocenters. The van der Waals surface area contributed by atoms with E-state index in [2.05, 4.69) is 46.2 Å². The number of ether oxygens (including phenoxy) is 1. The molecule has 4 heterocycles. The number of nitrogens with zero attached hydrogens (tertiary/aromatic N) is 2. The summed E-state index contributed by atoms with van der Waals surface area (Å²) in [6.07, 6.45) is 2.55. The monoisotopic (exact) mass is 340 g/mol. The first-order chi connectivity index (χ1) is 11.8. The number of hydrogen-bond donors (Lipinski definition) is 0. The molecular weight excluding hydrogens is 320 g/mol. The molecule has 0 aliphatic carbocycles. The molecule has 0 amide bonds. The van der Waals surface area contributed by atoms with Crippen molar-refractivity contribution in [1.29, 1.82) is 0 Å². The molecule has 0 radical (unpaired) electrons. The maximum Gasteiger partial charge on any atom is 0.199 e. The summed E-state index contributed by atoms with van der Waals surface area (Å²) in [5, 5.41) is 0.767. The van der Waals surface area contributed by atoms with Crippen LogP contribution in [0.2, 0.25) is 5.02 Å². The van der Waals surface area contributed by atoms with Gasteiger partial charge < -0.3 is 14.5 Å². The minimum atomic E-state index is -0.0507. The standard InChI is InChI=1S/C20H21ClN2O/c21-16-7-5-15(6-8-16)20-23(17-3-1-2-4-19(17)24-20)18-13-22-11-9-14(18)10-12-22/h1-8,14,18,20H,9-13H2. The van der Waals surface area contributed by atoms with Gasteiger partial charge in [0.25, 0.3) is 0 Å². The van der Waals surface area contributed by atoms with Gasteiger partial charge in [0, 0.05) is 23.2 Å². The van der Waals surface area contributed by atoms with E-state index in [0.29, 0.717) is 6.04 Å². The molecule has 2 atom stereocenters. The lowest BCUT2D eigenvalue weighted by molar-refractivity contribution is 0.0700. The van der Waals surface area contributed by atoms with E-state index in [9.17, 15) is 0 Å². The minimum absolute atomic E-state index is 0.0507. The Morgan fingerprint density at radius 3 is 2.42 bits per heavy atom. The summed E-state index contributed by atoms with van der Waals surface area (Å²) in [6.45, 7) is 3.65. The summed E-state index contributed by atoms with van der Waals surface area (Å²) in [7, 11) is 0. The molecule has 2 aromatic carbocycles. The molecule has 4 aliphatic rings. The number of piperidine rings is 3. The number of benzene rings is 2. The fourth-order valence-electron chi connectivity index (χ4n) is 4.53. The Morgan fingerprint density at radius 1 is 0.958 bits per heavy atom. The third-order valence-corrected chi connectivity index (χ3v) is 6.02. The van der Waals surface area contributed by atoms with Gasteiger partial charge in [0.05, 0.1) is 5.69 Å². The summed E-state index contributed by atoms with van der Waals surface area (Å²) in [4.78, 5) is 5.12. The Bertz CT molecular complexity index is 740. The topological polar surface area (TPSA) is 15.7 Å². The SMILES string of the molecule is Clc1ccc(C2Oc3ccccc3N2C2CN3CCC2CC3)cc1. The molecule has 4 heteroatoms. The summed E-state index contributed by atoms with van der Waals surface area (Å²) in [5.74, 6) is 1.76. The largest absolute Gasteiger partial charge is 0.464 e. The van der Waals surface area contributed by atoms with Crippen molar-refractivity contribution < 1.29 is 4.74 Å². The van der Waals surface area contributed by atoms with Gasteiger partial charge in [0.15, 0.2) is 6.23 Å². The van der Waals surface area contributed by atoms with Crippen LogP contribution in [0.3, 0.4) is 0 Å². The predicted octanol–water partition coefficient (Wildman–Crippen LogP) is 4.33. The van der Waals surface area contributed by atoms with Crippen LogP contribution in [0.15, 0.2) is 48.5 Å². The van der Waals surface area contributed by atoms with Gasteiger partial charge in [-0.15, -0.1) is 0 Å². The first-order valence-electron chi connectivity index (χ1n) is 8.81. The molecule has 3 nitrogen and oxygen atoms in total. The highest BCUT2D eigenvalue weighted by molar-refractivity contribution is 6.30. The molecule has 0 aromatic heterocycles. The van der Waals surface area contributed by atoms with Gasteiger partial charge in [-0.2, -0.15) is 0 Å². The van der Waals surface area contributed by atoms with E-state index in [4.69, 9.17) is 16.3 Å². The first-order valence-corrected chi connectivity index (χ1v) is 9.19. The van der Waals surface area contributed by atoms with Crippen LogP contribution in [0.25, 0.3) is 0 Å². The molecule has 0 saturated carbocycles. The lowest BCUT2D eigenvalue weighted by Gasteiger charge is -2.49. The van der Waals surface area contributed by atoms with Crippen molar-refractivity contribution in [2.24, 2.45) is 5.92 Å². The highest BCUT2D eigenvalue weighted by Gasteiger charge is 2.44. The Morgan fingerprint density at radius 2 is 1.71 bits per heavy atom. The van der Waals surface area contributed by atoms with Crippen LogP contribution in [0.4, 0.5) is 5.69 Å². The zero-order chi connectivity index (χ0) is 16.1. The lowest BCUT2D eigenvalue weighted by Crippen LogP contribution is -2.57. The van der Waals surface area contributed by atoms with E-state index in [1.165, 1.54) is 37.2 Å². The average Bonchev–Trinajstić information content (AvgIpc) is 3.02. The molecule has 4 aliphatic heterocycles. The number of halogens is 1. The lowest BCUT2D eigenvalue weighted by atomic mass is 9.82. The summed E-state index contributed by atoms with van der Waals surface area (Å²) in [6, 6.07) is 17.1. The fourth-order valence-corrected chi connectivity index (χ4v) is 4.66. The molecule has 0 N–H and O–H groups in total. The van der Waals surface area contributed by atoms with Gasteiger partial charge in [-0.25, -0.2) is 0 Å². The van der Waals surface area contributed by atoms with Crippen LogP contribution in [0.1, 0.15) is 24.6 Å². The third kappa shape index (κ3) is 2.30. The number of anilines is 1. The molecule has 6 rings (SSSR count). The molecule has 2 bridgehead atoms. The van der Waals surface area contributed by atoms with Gasteiger partial charge in [-0.1, -0.05) is 35.9 Å².